The van der Waals surface area contributed by atoms with E-state index in [-0.39, 0.29) is 0 Å². The molecular formula is C16H23N3O2S. The standard InChI is InChI=1S/C16H23N3O2S/c1-18-8-6-12(7-9-18)15-11-17-16-5-4-13(10-14(15)16)19(2)22(3,20)21/h4-5,10-12,17H,6-9H2,1-3H3. The Hall–Kier alpha value is -1.53. The molecule has 3 rings (SSSR count). The summed E-state index contributed by atoms with van der Waals surface area (Å²) >= 11 is 0. The third kappa shape index (κ3) is 2.85. The zero-order valence-electron chi connectivity index (χ0n) is 13.3. The molecule has 1 N–H and O–H groups in total. The summed E-state index contributed by atoms with van der Waals surface area (Å²) in [5.41, 5.74) is 3.09. The van der Waals surface area contributed by atoms with Crippen LogP contribution in [0.25, 0.3) is 10.9 Å². The Labute approximate surface area is 132 Å². The van der Waals surface area contributed by atoms with Crippen LogP contribution in [0.15, 0.2) is 24.4 Å². The molecule has 1 aromatic heterocycles. The van der Waals surface area contributed by atoms with Gasteiger partial charge in [-0.15, -0.1) is 0 Å². The van der Waals surface area contributed by atoms with Gasteiger partial charge in [0.15, 0.2) is 0 Å². The molecule has 22 heavy (non-hydrogen) atoms. The highest BCUT2D eigenvalue weighted by Crippen LogP contribution is 2.34. The van der Waals surface area contributed by atoms with Gasteiger partial charge >= 0.3 is 0 Å². The van der Waals surface area contributed by atoms with Gasteiger partial charge < -0.3 is 9.88 Å². The summed E-state index contributed by atoms with van der Waals surface area (Å²) in [4.78, 5) is 5.68. The maximum absolute atomic E-state index is 11.7. The smallest absolute Gasteiger partial charge is 0.231 e. The monoisotopic (exact) mass is 321 g/mol. The number of nitrogens with zero attached hydrogens (tertiary/aromatic N) is 2. The van der Waals surface area contributed by atoms with E-state index in [4.69, 9.17) is 0 Å². The molecule has 6 heteroatoms. The van der Waals surface area contributed by atoms with Crippen molar-refractivity contribution in [3.8, 4) is 0 Å². The minimum Gasteiger partial charge on any atom is -0.361 e. The van der Waals surface area contributed by atoms with Gasteiger partial charge in [-0.3, -0.25) is 4.31 Å². The molecule has 0 spiro atoms. The van der Waals surface area contributed by atoms with E-state index in [1.54, 1.807) is 7.05 Å². The molecule has 1 aliphatic rings. The first-order valence-electron chi connectivity index (χ1n) is 7.60. The number of aromatic nitrogens is 1. The number of H-pyrrole nitrogens is 1. The Morgan fingerprint density at radius 1 is 1.27 bits per heavy atom. The first kappa shape index (κ1) is 15.4. The second-order valence-electron chi connectivity index (χ2n) is 6.28. The van der Waals surface area contributed by atoms with Crippen LogP contribution in [-0.2, 0) is 10.0 Å². The maximum Gasteiger partial charge on any atom is 0.231 e. The molecule has 0 saturated carbocycles. The second kappa shape index (κ2) is 5.59. The third-order valence-corrected chi connectivity index (χ3v) is 5.92. The normalized spacial score (nSPS) is 18.0. The topological polar surface area (TPSA) is 56.4 Å². The van der Waals surface area contributed by atoms with E-state index in [0.29, 0.717) is 11.6 Å². The zero-order chi connectivity index (χ0) is 15.9. The van der Waals surface area contributed by atoms with Gasteiger partial charge in [0.25, 0.3) is 0 Å². The van der Waals surface area contributed by atoms with Crippen molar-refractivity contribution in [2.45, 2.75) is 18.8 Å². The van der Waals surface area contributed by atoms with Crippen LogP contribution in [-0.4, -0.2) is 51.7 Å². The molecule has 0 unspecified atom stereocenters. The van der Waals surface area contributed by atoms with Crippen LogP contribution in [0.1, 0.15) is 24.3 Å². The maximum atomic E-state index is 11.7. The molecule has 1 fully saturated rings. The minimum atomic E-state index is -3.24. The van der Waals surface area contributed by atoms with E-state index in [1.807, 2.05) is 18.2 Å². The van der Waals surface area contributed by atoms with E-state index < -0.39 is 10.0 Å². The molecule has 0 atom stereocenters. The number of fused-ring (bicyclic) bond motifs is 1. The van der Waals surface area contributed by atoms with Crippen molar-refractivity contribution >= 4 is 26.6 Å². The summed E-state index contributed by atoms with van der Waals surface area (Å²) < 4.78 is 24.8. The summed E-state index contributed by atoms with van der Waals surface area (Å²) in [5, 5.41) is 1.14. The Kier molecular flexibility index (Phi) is 3.91. The lowest BCUT2D eigenvalue weighted by atomic mass is 9.89. The number of nitrogens with one attached hydrogen (secondary N) is 1. The fourth-order valence-electron chi connectivity index (χ4n) is 3.17. The highest BCUT2D eigenvalue weighted by atomic mass is 32.2. The number of hydrogen-bond acceptors (Lipinski definition) is 3. The van der Waals surface area contributed by atoms with Crippen molar-refractivity contribution < 1.29 is 8.42 Å². The molecule has 1 saturated heterocycles. The first-order valence-corrected chi connectivity index (χ1v) is 9.44. The predicted octanol–water partition coefficient (Wildman–Crippen LogP) is 2.37. The number of piperidine rings is 1. The quantitative estimate of drug-likeness (QED) is 0.944. The van der Waals surface area contributed by atoms with Crippen LogP contribution in [0, 0.1) is 0 Å². The highest BCUT2D eigenvalue weighted by Gasteiger charge is 2.22. The van der Waals surface area contributed by atoms with Crippen molar-refractivity contribution in [3.05, 3.63) is 30.0 Å². The van der Waals surface area contributed by atoms with Gasteiger partial charge in [-0.05, 0) is 62.7 Å². The number of likely N-dealkylation sites (tertiary alicyclic amines) is 1. The van der Waals surface area contributed by atoms with Gasteiger partial charge in [0, 0.05) is 24.1 Å². The molecule has 1 aliphatic heterocycles. The number of anilines is 1. The van der Waals surface area contributed by atoms with Crippen LogP contribution in [0.3, 0.4) is 0 Å². The van der Waals surface area contributed by atoms with Crippen LogP contribution in [0.2, 0.25) is 0 Å². The Bertz CT molecular complexity index is 774. The molecule has 0 aliphatic carbocycles. The van der Waals surface area contributed by atoms with E-state index >= 15 is 0 Å². The Morgan fingerprint density at radius 3 is 2.59 bits per heavy atom. The summed E-state index contributed by atoms with van der Waals surface area (Å²) in [6, 6.07) is 5.80. The van der Waals surface area contributed by atoms with Crippen LogP contribution in [0.5, 0.6) is 0 Å². The van der Waals surface area contributed by atoms with Crippen molar-refractivity contribution in [3.63, 3.8) is 0 Å². The van der Waals surface area contributed by atoms with E-state index in [9.17, 15) is 8.42 Å². The van der Waals surface area contributed by atoms with Crippen molar-refractivity contribution in [1.29, 1.82) is 0 Å². The van der Waals surface area contributed by atoms with Crippen LogP contribution < -0.4 is 4.31 Å². The van der Waals surface area contributed by atoms with Gasteiger partial charge in [-0.2, -0.15) is 0 Å². The molecule has 0 bridgehead atoms. The molecule has 2 heterocycles. The van der Waals surface area contributed by atoms with E-state index in [1.165, 1.54) is 16.1 Å². The summed E-state index contributed by atoms with van der Waals surface area (Å²) in [6.45, 7) is 2.22. The molecule has 2 aromatic rings. The van der Waals surface area contributed by atoms with Gasteiger partial charge in [-0.25, -0.2) is 8.42 Å². The fourth-order valence-corrected chi connectivity index (χ4v) is 3.67. The molecule has 120 valence electrons. The predicted molar refractivity (Wildman–Crippen MR) is 91.0 cm³/mol. The van der Waals surface area contributed by atoms with Crippen LogP contribution >= 0.6 is 0 Å². The van der Waals surface area contributed by atoms with Gasteiger partial charge in [0.05, 0.1) is 11.9 Å². The number of rotatable bonds is 3. The summed E-state index contributed by atoms with van der Waals surface area (Å²) in [5.74, 6) is 0.545. The largest absolute Gasteiger partial charge is 0.361 e. The van der Waals surface area contributed by atoms with Gasteiger partial charge in [0.2, 0.25) is 10.0 Å². The average molecular weight is 321 g/mol. The summed E-state index contributed by atoms with van der Waals surface area (Å²) in [7, 11) is 0.517. The Balaban J connectivity index is 1.99. The van der Waals surface area contributed by atoms with Crippen molar-refractivity contribution in [2.24, 2.45) is 0 Å². The highest BCUT2D eigenvalue weighted by molar-refractivity contribution is 7.92. The van der Waals surface area contributed by atoms with E-state index in [0.717, 1.165) is 36.8 Å². The lowest BCUT2D eigenvalue weighted by Gasteiger charge is -2.28. The fraction of sp³-hybridized carbons (Fsp3) is 0.500. The lowest BCUT2D eigenvalue weighted by molar-refractivity contribution is 0.256. The van der Waals surface area contributed by atoms with Crippen LogP contribution in [0.4, 0.5) is 5.69 Å². The lowest BCUT2D eigenvalue weighted by Crippen LogP contribution is -2.29. The number of aromatic amines is 1. The molecule has 5 nitrogen and oxygen atoms in total. The second-order valence-corrected chi connectivity index (χ2v) is 8.30. The summed E-state index contributed by atoms with van der Waals surface area (Å²) in [6.07, 6.45) is 5.61. The number of sulfonamides is 1. The number of hydrogen-bond donors (Lipinski definition) is 1. The molecule has 1 aromatic carbocycles. The molecule has 0 amide bonds. The molecule has 0 radical (unpaired) electrons. The first-order chi connectivity index (χ1) is 10.4. The number of benzene rings is 1. The van der Waals surface area contributed by atoms with E-state index in [2.05, 4.69) is 23.1 Å². The molecular weight excluding hydrogens is 298 g/mol. The average Bonchev–Trinajstić information content (AvgIpc) is 2.89. The van der Waals surface area contributed by atoms with Gasteiger partial charge in [0.1, 0.15) is 0 Å². The van der Waals surface area contributed by atoms with Crippen molar-refractivity contribution in [1.82, 2.24) is 9.88 Å². The third-order valence-electron chi connectivity index (χ3n) is 4.72. The Morgan fingerprint density at radius 2 is 1.95 bits per heavy atom. The SMILES string of the molecule is CN1CCC(c2c[nH]c3ccc(N(C)S(C)(=O)=O)cc23)CC1. The minimum absolute atomic E-state index is 0.545. The van der Waals surface area contributed by atoms with Gasteiger partial charge in [-0.1, -0.05) is 0 Å². The van der Waals surface area contributed by atoms with Crippen molar-refractivity contribution in [2.75, 3.05) is 37.7 Å². The zero-order valence-corrected chi connectivity index (χ0v) is 14.2.